The summed E-state index contributed by atoms with van der Waals surface area (Å²) in [5, 5.41) is 6.79. The lowest BCUT2D eigenvalue weighted by Gasteiger charge is -2.16. The largest absolute Gasteiger partial charge is 0.368 e. The van der Waals surface area contributed by atoms with E-state index < -0.39 is 0 Å². The molecule has 0 radical (unpaired) electrons. The van der Waals surface area contributed by atoms with Gasteiger partial charge in [0, 0.05) is 38.6 Å². The number of anilines is 2. The van der Waals surface area contributed by atoms with E-state index in [4.69, 9.17) is 9.97 Å². The summed E-state index contributed by atoms with van der Waals surface area (Å²) >= 11 is 0. The molecule has 164 valence electrons. The van der Waals surface area contributed by atoms with Crippen LogP contribution >= 0.6 is 0 Å². The Labute approximate surface area is 183 Å². The maximum Gasteiger partial charge on any atom is 0.226 e. The maximum atomic E-state index is 11.8. The zero-order valence-corrected chi connectivity index (χ0v) is 18.3. The van der Waals surface area contributed by atoms with Gasteiger partial charge in [0.2, 0.25) is 11.9 Å². The Balaban J connectivity index is 1.44. The minimum Gasteiger partial charge on any atom is -0.368 e. The molecule has 1 fully saturated rings. The highest BCUT2D eigenvalue weighted by Gasteiger charge is 2.19. The van der Waals surface area contributed by atoms with Gasteiger partial charge in [-0.3, -0.25) is 4.79 Å². The van der Waals surface area contributed by atoms with Crippen LogP contribution in [0.5, 0.6) is 0 Å². The number of amides is 1. The number of hydrogen-bond acceptors (Lipinski definition) is 6. The Morgan fingerprint density at radius 3 is 2.68 bits per heavy atom. The number of fused-ring (bicyclic) bond motifs is 1. The molecule has 0 spiro atoms. The van der Waals surface area contributed by atoms with Gasteiger partial charge in [-0.1, -0.05) is 30.3 Å². The maximum absolute atomic E-state index is 11.8. The Morgan fingerprint density at radius 1 is 1.10 bits per heavy atom. The molecule has 8 nitrogen and oxygen atoms in total. The van der Waals surface area contributed by atoms with Gasteiger partial charge in [-0.05, 0) is 38.7 Å². The lowest BCUT2D eigenvalue weighted by Crippen LogP contribution is -2.27. The van der Waals surface area contributed by atoms with E-state index in [1.807, 2.05) is 17.3 Å². The quantitative estimate of drug-likeness (QED) is 0.487. The fourth-order valence-electron chi connectivity index (χ4n) is 3.88. The van der Waals surface area contributed by atoms with E-state index in [9.17, 15) is 4.79 Å². The third kappa shape index (κ3) is 5.13. The molecule has 0 bridgehead atoms. The van der Waals surface area contributed by atoms with Gasteiger partial charge in [-0.15, -0.1) is 0 Å². The van der Waals surface area contributed by atoms with Crippen LogP contribution in [-0.2, 0) is 11.2 Å². The number of carbonyl (C=O) groups is 1. The molecular formula is C23H31N7O. The number of imidazole rings is 1. The second kappa shape index (κ2) is 9.76. The third-order valence-electron chi connectivity index (χ3n) is 5.59. The van der Waals surface area contributed by atoms with E-state index >= 15 is 0 Å². The van der Waals surface area contributed by atoms with Crippen LogP contribution in [0.3, 0.4) is 0 Å². The first-order chi connectivity index (χ1) is 15.1. The number of aromatic nitrogens is 4. The Bertz CT molecular complexity index is 1020. The molecule has 4 rings (SSSR count). The summed E-state index contributed by atoms with van der Waals surface area (Å²) in [4.78, 5) is 27.7. The highest BCUT2D eigenvalue weighted by Crippen LogP contribution is 2.23. The zero-order chi connectivity index (χ0) is 21.6. The highest BCUT2D eigenvalue weighted by molar-refractivity contribution is 5.84. The van der Waals surface area contributed by atoms with Crippen molar-refractivity contribution in [3.8, 4) is 0 Å². The van der Waals surface area contributed by atoms with Crippen LogP contribution in [0.25, 0.3) is 11.2 Å². The molecule has 8 heteroatoms. The van der Waals surface area contributed by atoms with E-state index in [-0.39, 0.29) is 11.9 Å². The lowest BCUT2D eigenvalue weighted by molar-refractivity contribution is -0.127. The number of carbonyl (C=O) groups excluding carboxylic acids is 1. The predicted molar refractivity (Wildman–Crippen MR) is 123 cm³/mol. The lowest BCUT2D eigenvalue weighted by atomic mass is 10.1. The average Bonchev–Trinajstić information content (AvgIpc) is 3.38. The van der Waals surface area contributed by atoms with Gasteiger partial charge < -0.3 is 20.1 Å². The van der Waals surface area contributed by atoms with Gasteiger partial charge in [0.15, 0.2) is 17.0 Å². The fraction of sp³-hybridized carbons (Fsp3) is 0.478. The molecule has 0 atom stereocenters. The van der Waals surface area contributed by atoms with Crippen molar-refractivity contribution in [2.24, 2.45) is 0 Å². The van der Waals surface area contributed by atoms with Crippen molar-refractivity contribution in [2.75, 3.05) is 36.8 Å². The van der Waals surface area contributed by atoms with Crippen LogP contribution in [0.2, 0.25) is 0 Å². The van der Waals surface area contributed by atoms with Crippen molar-refractivity contribution in [1.29, 1.82) is 0 Å². The van der Waals surface area contributed by atoms with Crippen molar-refractivity contribution in [2.45, 2.75) is 45.6 Å². The van der Waals surface area contributed by atoms with Gasteiger partial charge in [-0.2, -0.15) is 9.97 Å². The smallest absolute Gasteiger partial charge is 0.226 e. The molecule has 2 aromatic heterocycles. The van der Waals surface area contributed by atoms with E-state index in [1.165, 1.54) is 5.56 Å². The SMILES string of the molecule is CC(C)n1cnc2c(NCCCN3CCCC3=O)nc(NCCc3ccccc3)nc21. The normalized spacial score (nSPS) is 14.0. The number of nitrogens with one attached hydrogen (secondary N) is 2. The molecule has 1 amide bonds. The number of rotatable bonds is 10. The van der Waals surface area contributed by atoms with E-state index in [0.29, 0.717) is 12.4 Å². The topological polar surface area (TPSA) is 88.0 Å². The van der Waals surface area contributed by atoms with Crippen LogP contribution in [0.1, 0.15) is 44.7 Å². The molecule has 31 heavy (non-hydrogen) atoms. The van der Waals surface area contributed by atoms with E-state index in [2.05, 4.69) is 58.3 Å². The van der Waals surface area contributed by atoms with Crippen molar-refractivity contribution in [3.63, 3.8) is 0 Å². The number of likely N-dealkylation sites (tertiary alicyclic amines) is 1. The van der Waals surface area contributed by atoms with Gasteiger partial charge in [0.25, 0.3) is 0 Å². The van der Waals surface area contributed by atoms with E-state index in [1.54, 1.807) is 0 Å². The summed E-state index contributed by atoms with van der Waals surface area (Å²) < 4.78 is 2.06. The van der Waals surface area contributed by atoms with Crippen molar-refractivity contribution in [3.05, 3.63) is 42.2 Å². The standard InChI is InChI=1S/C23H31N7O/c1-17(2)30-16-26-20-21(24-12-7-15-29-14-6-10-19(29)31)27-23(28-22(20)30)25-13-11-18-8-4-3-5-9-18/h3-5,8-9,16-17H,6-7,10-15H2,1-2H3,(H2,24,25,27,28). The van der Waals surface area contributed by atoms with Gasteiger partial charge in [0.05, 0.1) is 6.33 Å². The number of nitrogens with zero attached hydrogens (tertiary/aromatic N) is 5. The monoisotopic (exact) mass is 421 g/mol. The second-order valence-electron chi connectivity index (χ2n) is 8.24. The zero-order valence-electron chi connectivity index (χ0n) is 18.3. The number of hydrogen-bond donors (Lipinski definition) is 2. The molecule has 1 aromatic carbocycles. The van der Waals surface area contributed by atoms with Crippen molar-refractivity contribution < 1.29 is 4.79 Å². The molecule has 0 saturated carbocycles. The second-order valence-corrected chi connectivity index (χ2v) is 8.24. The predicted octanol–water partition coefficient (Wildman–Crippen LogP) is 3.49. The van der Waals surface area contributed by atoms with Crippen molar-refractivity contribution in [1.82, 2.24) is 24.4 Å². The molecule has 1 aliphatic rings. The highest BCUT2D eigenvalue weighted by atomic mass is 16.2. The first kappa shape index (κ1) is 21.1. The Hall–Kier alpha value is -3.16. The molecule has 2 N–H and O–H groups in total. The summed E-state index contributed by atoms with van der Waals surface area (Å²) in [6.45, 7) is 7.38. The number of benzene rings is 1. The molecule has 3 heterocycles. The minimum atomic E-state index is 0.256. The molecule has 1 saturated heterocycles. The van der Waals surface area contributed by atoms with Crippen LogP contribution in [-0.4, -0.2) is 56.5 Å². The van der Waals surface area contributed by atoms with Gasteiger partial charge >= 0.3 is 0 Å². The summed E-state index contributed by atoms with van der Waals surface area (Å²) in [5.74, 6) is 1.60. The summed E-state index contributed by atoms with van der Waals surface area (Å²) in [5.41, 5.74) is 2.88. The first-order valence-electron chi connectivity index (χ1n) is 11.2. The molecule has 1 aliphatic heterocycles. The van der Waals surface area contributed by atoms with Crippen LogP contribution < -0.4 is 10.6 Å². The van der Waals surface area contributed by atoms with Crippen LogP contribution in [0, 0.1) is 0 Å². The van der Waals surface area contributed by atoms with E-state index in [0.717, 1.165) is 62.4 Å². The minimum absolute atomic E-state index is 0.256. The summed E-state index contributed by atoms with van der Waals surface area (Å²) in [6.07, 6.45) is 5.26. The Kier molecular flexibility index (Phi) is 6.64. The van der Waals surface area contributed by atoms with Crippen LogP contribution in [0.4, 0.5) is 11.8 Å². The first-order valence-corrected chi connectivity index (χ1v) is 11.2. The molecule has 3 aromatic rings. The Morgan fingerprint density at radius 2 is 1.94 bits per heavy atom. The molecular weight excluding hydrogens is 390 g/mol. The summed E-state index contributed by atoms with van der Waals surface area (Å²) in [6, 6.07) is 10.6. The third-order valence-corrected chi connectivity index (χ3v) is 5.59. The fourth-order valence-corrected chi connectivity index (χ4v) is 3.88. The molecule has 0 aliphatic carbocycles. The van der Waals surface area contributed by atoms with Gasteiger partial charge in [-0.25, -0.2) is 4.98 Å². The average molecular weight is 422 g/mol. The molecule has 0 unspecified atom stereocenters. The van der Waals surface area contributed by atoms with Crippen LogP contribution in [0.15, 0.2) is 36.7 Å². The van der Waals surface area contributed by atoms with Crippen molar-refractivity contribution >= 4 is 28.8 Å². The summed E-state index contributed by atoms with van der Waals surface area (Å²) in [7, 11) is 0. The van der Waals surface area contributed by atoms with Gasteiger partial charge in [0.1, 0.15) is 0 Å².